The quantitative estimate of drug-likeness (QED) is 0.911. The summed E-state index contributed by atoms with van der Waals surface area (Å²) in [6.45, 7) is 4.17. The number of rotatable bonds is 4. The second kappa shape index (κ2) is 4.94. The summed E-state index contributed by atoms with van der Waals surface area (Å²) in [4.78, 5) is 0. The van der Waals surface area contributed by atoms with E-state index in [9.17, 15) is 0 Å². The molecule has 0 bridgehead atoms. The van der Waals surface area contributed by atoms with E-state index in [1.54, 1.807) is 12.3 Å². The molecule has 0 aliphatic carbocycles. The van der Waals surface area contributed by atoms with E-state index in [4.69, 9.17) is 21.8 Å². The normalized spacial score (nSPS) is 13.2. The molecule has 2 aromatic rings. The highest BCUT2D eigenvalue weighted by Crippen LogP contribution is 2.24. The van der Waals surface area contributed by atoms with Crippen molar-refractivity contribution in [3.05, 3.63) is 41.1 Å². The summed E-state index contributed by atoms with van der Waals surface area (Å²) in [5.74, 6) is 0. The van der Waals surface area contributed by atoms with Gasteiger partial charge in [0.1, 0.15) is 0 Å². The van der Waals surface area contributed by atoms with Gasteiger partial charge in [0.2, 0.25) is 0 Å². The molecule has 0 aromatic carbocycles. The summed E-state index contributed by atoms with van der Waals surface area (Å²) < 4.78 is 6.94. The molecule has 0 fully saturated rings. The minimum atomic E-state index is -0.184. The average molecular weight is 254 g/mol. The van der Waals surface area contributed by atoms with Crippen molar-refractivity contribution in [2.75, 3.05) is 0 Å². The Hall–Kier alpha value is -1.26. The third-order valence-corrected chi connectivity index (χ3v) is 2.97. The van der Waals surface area contributed by atoms with Crippen LogP contribution in [0, 0.1) is 0 Å². The van der Waals surface area contributed by atoms with Gasteiger partial charge in [-0.3, -0.25) is 4.68 Å². The fourth-order valence-electron chi connectivity index (χ4n) is 1.68. The molecule has 0 saturated carbocycles. The molecular formula is C12H16ClN3O. The molecule has 2 N–H and O–H groups in total. The molecule has 17 heavy (non-hydrogen) atoms. The van der Waals surface area contributed by atoms with Gasteiger partial charge in [-0.15, -0.1) is 0 Å². The lowest BCUT2D eigenvalue weighted by Gasteiger charge is -2.08. The average Bonchev–Trinajstić information content (AvgIpc) is 2.86. The predicted molar refractivity (Wildman–Crippen MR) is 67.0 cm³/mol. The van der Waals surface area contributed by atoms with Crippen LogP contribution < -0.4 is 5.73 Å². The van der Waals surface area contributed by atoms with Gasteiger partial charge >= 0.3 is 0 Å². The largest absolute Gasteiger partial charge is 0.453 e. The molecule has 2 rings (SSSR count). The van der Waals surface area contributed by atoms with Gasteiger partial charge in [0, 0.05) is 30.3 Å². The molecule has 0 saturated heterocycles. The first kappa shape index (κ1) is 12.2. The van der Waals surface area contributed by atoms with Crippen LogP contribution in [-0.2, 0) is 6.42 Å². The summed E-state index contributed by atoms with van der Waals surface area (Å²) in [5.41, 5.74) is 7.85. The molecule has 2 aromatic heterocycles. The number of furan rings is 1. The molecule has 1 unspecified atom stereocenters. The Kier molecular flexibility index (Phi) is 3.54. The van der Waals surface area contributed by atoms with Gasteiger partial charge in [0.25, 0.3) is 0 Å². The fraction of sp³-hybridized carbons (Fsp3) is 0.417. The molecule has 0 aliphatic rings. The van der Waals surface area contributed by atoms with E-state index in [-0.39, 0.29) is 6.04 Å². The van der Waals surface area contributed by atoms with Crippen molar-refractivity contribution in [3.8, 4) is 0 Å². The molecule has 4 nitrogen and oxygen atoms in total. The molecule has 92 valence electrons. The van der Waals surface area contributed by atoms with Crippen molar-refractivity contribution >= 4 is 11.6 Å². The first-order valence-corrected chi connectivity index (χ1v) is 5.98. The summed E-state index contributed by atoms with van der Waals surface area (Å²) in [5, 5.41) is 4.81. The summed E-state index contributed by atoms with van der Waals surface area (Å²) >= 11 is 5.88. The van der Waals surface area contributed by atoms with E-state index in [1.807, 2.05) is 16.9 Å². The zero-order valence-corrected chi connectivity index (χ0v) is 10.7. The maximum Gasteiger partial charge on any atom is 0.197 e. The maximum absolute atomic E-state index is 6.06. The van der Waals surface area contributed by atoms with Gasteiger partial charge in [-0.1, -0.05) is 0 Å². The monoisotopic (exact) mass is 253 g/mol. The van der Waals surface area contributed by atoms with E-state index in [2.05, 4.69) is 18.9 Å². The highest BCUT2D eigenvalue weighted by atomic mass is 35.5. The Labute approximate surface area is 105 Å². The Morgan fingerprint density at radius 3 is 2.76 bits per heavy atom. The van der Waals surface area contributed by atoms with Crippen molar-refractivity contribution in [2.45, 2.75) is 32.4 Å². The number of nitrogens with zero attached hydrogens (tertiary/aromatic N) is 2. The molecule has 2 heterocycles. The van der Waals surface area contributed by atoms with Gasteiger partial charge in [-0.2, -0.15) is 5.10 Å². The Bertz CT molecular complexity index is 489. The molecule has 0 amide bonds. The standard InChI is InChI=1S/C12H16ClN3O/c1-8(2)16-5-3-9(15-16)7-11(14)10-4-6-17-12(10)13/h3-6,8,11H,7,14H2,1-2H3. The van der Waals surface area contributed by atoms with E-state index < -0.39 is 0 Å². The number of hydrogen-bond donors (Lipinski definition) is 1. The zero-order chi connectivity index (χ0) is 12.4. The van der Waals surface area contributed by atoms with Crippen LogP contribution in [-0.4, -0.2) is 9.78 Å². The second-order valence-corrected chi connectivity index (χ2v) is 4.68. The van der Waals surface area contributed by atoms with Crippen LogP contribution in [0.3, 0.4) is 0 Å². The zero-order valence-electron chi connectivity index (χ0n) is 9.93. The number of halogens is 1. The van der Waals surface area contributed by atoms with Crippen molar-refractivity contribution in [1.82, 2.24) is 9.78 Å². The summed E-state index contributed by atoms with van der Waals surface area (Å²) in [7, 11) is 0. The van der Waals surface area contributed by atoms with Crippen molar-refractivity contribution in [3.63, 3.8) is 0 Å². The minimum absolute atomic E-state index is 0.184. The number of nitrogens with two attached hydrogens (primary N) is 1. The first-order valence-electron chi connectivity index (χ1n) is 5.60. The van der Waals surface area contributed by atoms with E-state index in [0.717, 1.165) is 11.3 Å². The predicted octanol–water partition coefficient (Wildman–Crippen LogP) is 2.95. The first-order chi connectivity index (χ1) is 8.08. The van der Waals surface area contributed by atoms with Gasteiger partial charge in [-0.05, 0) is 37.6 Å². The minimum Gasteiger partial charge on any atom is -0.453 e. The lowest BCUT2D eigenvalue weighted by molar-refractivity contribution is 0.521. The SMILES string of the molecule is CC(C)n1ccc(CC(N)c2ccoc2Cl)n1. The van der Waals surface area contributed by atoms with Crippen LogP contribution in [0.25, 0.3) is 0 Å². The number of aromatic nitrogens is 2. The molecule has 1 atom stereocenters. The lowest BCUT2D eigenvalue weighted by atomic mass is 10.1. The van der Waals surface area contributed by atoms with Crippen LogP contribution in [0.1, 0.15) is 37.2 Å². The van der Waals surface area contributed by atoms with E-state index >= 15 is 0 Å². The van der Waals surface area contributed by atoms with Crippen molar-refractivity contribution in [1.29, 1.82) is 0 Å². The van der Waals surface area contributed by atoms with Gasteiger partial charge in [0.05, 0.1) is 12.0 Å². The third kappa shape index (κ3) is 2.70. The lowest BCUT2D eigenvalue weighted by Crippen LogP contribution is -2.13. The second-order valence-electron chi connectivity index (χ2n) is 4.34. The number of hydrogen-bond acceptors (Lipinski definition) is 3. The van der Waals surface area contributed by atoms with Gasteiger partial charge in [0.15, 0.2) is 5.22 Å². The molecule has 0 spiro atoms. The van der Waals surface area contributed by atoms with Crippen molar-refractivity contribution in [2.24, 2.45) is 5.73 Å². The smallest absolute Gasteiger partial charge is 0.197 e. The van der Waals surface area contributed by atoms with E-state index in [0.29, 0.717) is 17.7 Å². The van der Waals surface area contributed by atoms with Gasteiger partial charge < -0.3 is 10.2 Å². The van der Waals surface area contributed by atoms with Gasteiger partial charge in [-0.25, -0.2) is 0 Å². The maximum atomic E-state index is 6.06. The molecule has 0 radical (unpaired) electrons. The highest BCUT2D eigenvalue weighted by Gasteiger charge is 2.14. The topological polar surface area (TPSA) is 57.0 Å². The Balaban J connectivity index is 2.08. The Morgan fingerprint density at radius 1 is 1.47 bits per heavy atom. The van der Waals surface area contributed by atoms with Crippen LogP contribution in [0.4, 0.5) is 0 Å². The van der Waals surface area contributed by atoms with Crippen LogP contribution in [0.5, 0.6) is 0 Å². The third-order valence-electron chi connectivity index (χ3n) is 2.67. The van der Waals surface area contributed by atoms with Crippen LogP contribution in [0.15, 0.2) is 29.0 Å². The molecule has 5 heteroatoms. The van der Waals surface area contributed by atoms with E-state index in [1.165, 1.54) is 0 Å². The molecular weight excluding hydrogens is 238 g/mol. The molecule has 0 aliphatic heterocycles. The Morgan fingerprint density at radius 2 is 2.24 bits per heavy atom. The van der Waals surface area contributed by atoms with Crippen molar-refractivity contribution < 1.29 is 4.42 Å². The highest BCUT2D eigenvalue weighted by molar-refractivity contribution is 6.29. The fourth-order valence-corrected chi connectivity index (χ4v) is 1.93. The summed E-state index contributed by atoms with van der Waals surface area (Å²) in [6.07, 6.45) is 4.16. The summed E-state index contributed by atoms with van der Waals surface area (Å²) in [6, 6.07) is 3.95. The van der Waals surface area contributed by atoms with Crippen LogP contribution in [0.2, 0.25) is 5.22 Å². The van der Waals surface area contributed by atoms with Crippen LogP contribution >= 0.6 is 11.6 Å².